The number of carbonyl (C=O) groups is 2. The molecular weight excluding hydrogens is 604 g/mol. The number of nitrogens with zero attached hydrogens (tertiary/aromatic N) is 1. The van der Waals surface area contributed by atoms with Crippen molar-refractivity contribution in [3.8, 4) is 0 Å². The monoisotopic (exact) mass is 643 g/mol. The topological polar surface area (TPSA) is 142 Å². The first kappa shape index (κ1) is 34.7. The fourth-order valence-electron chi connectivity index (χ4n) is 5.01. The molecule has 11 heteroatoms. The van der Waals surface area contributed by atoms with Gasteiger partial charge in [-0.25, -0.2) is 13.6 Å². The number of halogens is 2. The molecule has 0 aliphatic carbocycles. The number of rotatable bonds is 12. The first-order valence-electron chi connectivity index (χ1n) is 15.0. The number of benzene rings is 2. The molecule has 2 amide bonds. The second kappa shape index (κ2) is 15.4. The summed E-state index contributed by atoms with van der Waals surface area (Å²) in [4.78, 5) is 33.4. The molecule has 0 bridgehead atoms. The number of allylic oxidation sites excluding steroid dienone is 2. The molecule has 0 radical (unpaired) electrons. The lowest BCUT2D eigenvalue weighted by molar-refractivity contribution is -0.121. The van der Waals surface area contributed by atoms with Gasteiger partial charge >= 0.3 is 6.09 Å². The first-order chi connectivity index (χ1) is 22.3. The lowest BCUT2D eigenvalue weighted by atomic mass is 9.97. The van der Waals surface area contributed by atoms with Crippen molar-refractivity contribution in [2.24, 2.45) is 5.73 Å². The highest BCUT2D eigenvalue weighted by molar-refractivity contribution is 5.89. The van der Waals surface area contributed by atoms with Crippen molar-refractivity contribution in [3.63, 3.8) is 0 Å². The second-order valence-electron chi connectivity index (χ2n) is 12.0. The van der Waals surface area contributed by atoms with Gasteiger partial charge in [-0.1, -0.05) is 43.0 Å². The fourth-order valence-corrected chi connectivity index (χ4v) is 5.01. The summed E-state index contributed by atoms with van der Waals surface area (Å²) in [5.74, 6) is -1.83. The van der Waals surface area contributed by atoms with Crippen LogP contribution in [-0.4, -0.2) is 38.9 Å². The number of aromatic nitrogens is 2. The number of carbonyl (C=O) groups excluding carboxylic acids is 2. The molecule has 4 rings (SSSR count). The number of amides is 2. The lowest BCUT2D eigenvalue weighted by Gasteiger charge is -2.21. The number of hydrogen-bond donors (Lipinski definition) is 5. The predicted molar refractivity (Wildman–Crippen MR) is 178 cm³/mol. The minimum atomic E-state index is -1.25. The third-order valence-electron chi connectivity index (χ3n) is 7.02. The third kappa shape index (κ3) is 10.2. The maximum absolute atomic E-state index is 14.1. The van der Waals surface area contributed by atoms with Gasteiger partial charge < -0.3 is 31.2 Å². The van der Waals surface area contributed by atoms with Crippen LogP contribution in [0.2, 0.25) is 0 Å². The Bertz CT molecular complexity index is 1790. The van der Waals surface area contributed by atoms with Crippen LogP contribution in [0.25, 0.3) is 17.0 Å². The van der Waals surface area contributed by atoms with Crippen LogP contribution < -0.4 is 16.4 Å². The summed E-state index contributed by atoms with van der Waals surface area (Å²) in [5, 5.41) is 16.5. The van der Waals surface area contributed by atoms with Gasteiger partial charge in [-0.15, -0.1) is 0 Å². The number of hydrogen-bond acceptors (Lipinski definition) is 6. The van der Waals surface area contributed by atoms with Crippen LogP contribution in [0.4, 0.5) is 13.6 Å². The fraction of sp³-hybridized carbons (Fsp3) is 0.250. The van der Waals surface area contributed by atoms with Crippen LogP contribution in [0.5, 0.6) is 0 Å². The molecule has 4 aromatic rings. The molecule has 2 heterocycles. The van der Waals surface area contributed by atoms with E-state index in [1.54, 1.807) is 63.5 Å². The van der Waals surface area contributed by atoms with E-state index in [1.165, 1.54) is 18.2 Å². The Balaban J connectivity index is 1.60. The standard InChI is InChI=1S/C36H39F2N5O4/c1-5-7-25(34(39)45)11-10-24-8-6-13-40-33(24)31(17-23-14-27(37)19-28(38)15-23)43-32(44)18-26-21-41-30-12-9-22(16-29(26)30)20-42-35(46)47-36(2,3)4/h5-16,19,21,31,34,41,45H,1,17-18,20,39H2,2-4H3,(H,42,46)(H,43,44)/b11-10+,25-7+/t31-,34?/m0/s1. The molecule has 0 aliphatic rings. The quantitative estimate of drug-likeness (QED) is 0.0960. The van der Waals surface area contributed by atoms with Gasteiger partial charge in [-0.2, -0.15) is 0 Å². The Morgan fingerprint density at radius 3 is 2.55 bits per heavy atom. The molecule has 9 nitrogen and oxygen atoms in total. The van der Waals surface area contributed by atoms with Gasteiger partial charge in [0.1, 0.15) is 23.5 Å². The molecule has 0 aliphatic heterocycles. The molecular formula is C36H39F2N5O4. The van der Waals surface area contributed by atoms with Gasteiger partial charge in [-0.05, 0) is 85.4 Å². The van der Waals surface area contributed by atoms with Crippen molar-refractivity contribution in [1.82, 2.24) is 20.6 Å². The minimum absolute atomic E-state index is 0.0133. The summed E-state index contributed by atoms with van der Waals surface area (Å²) in [6, 6.07) is 11.5. The van der Waals surface area contributed by atoms with Crippen molar-refractivity contribution in [3.05, 3.63) is 131 Å². The molecule has 0 spiro atoms. The van der Waals surface area contributed by atoms with Gasteiger partial charge in [0.25, 0.3) is 0 Å². The normalized spacial score (nSPS) is 13.4. The number of ether oxygens (including phenoxy) is 1. The van der Waals surface area contributed by atoms with Gasteiger partial charge in [-0.3, -0.25) is 9.78 Å². The molecule has 0 saturated carbocycles. The SMILES string of the molecule is C=C/C=C(\C=C\c1cccnc1[C@H](Cc1cc(F)cc(F)c1)NC(=O)Cc1c[nH]c2ccc(CNC(=O)OC(C)(C)C)cc12)C(N)O. The van der Waals surface area contributed by atoms with E-state index >= 15 is 0 Å². The van der Waals surface area contributed by atoms with Crippen LogP contribution in [-0.2, 0) is 28.9 Å². The first-order valence-corrected chi connectivity index (χ1v) is 15.0. The minimum Gasteiger partial charge on any atom is -0.444 e. The van der Waals surface area contributed by atoms with Crippen molar-refractivity contribution in [2.75, 3.05) is 0 Å². The Hall–Kier alpha value is -5.13. The van der Waals surface area contributed by atoms with Gasteiger partial charge in [0.15, 0.2) is 0 Å². The molecule has 2 aromatic heterocycles. The van der Waals surface area contributed by atoms with E-state index in [0.717, 1.165) is 22.5 Å². The van der Waals surface area contributed by atoms with Crippen LogP contribution in [0.1, 0.15) is 54.8 Å². The Kier molecular flexibility index (Phi) is 11.4. The Morgan fingerprint density at radius 1 is 1.13 bits per heavy atom. The van der Waals surface area contributed by atoms with E-state index in [-0.39, 0.29) is 25.3 Å². The zero-order valence-electron chi connectivity index (χ0n) is 26.5. The van der Waals surface area contributed by atoms with Crippen LogP contribution in [0.15, 0.2) is 91.3 Å². The van der Waals surface area contributed by atoms with Crippen molar-refractivity contribution < 1.29 is 28.2 Å². The van der Waals surface area contributed by atoms with Gasteiger partial charge in [0, 0.05) is 35.9 Å². The van der Waals surface area contributed by atoms with Crippen molar-refractivity contribution in [1.29, 1.82) is 0 Å². The van der Waals surface area contributed by atoms with Crippen LogP contribution in [0, 0.1) is 11.6 Å². The molecule has 2 atom stereocenters. The number of fused-ring (bicyclic) bond motifs is 1. The maximum atomic E-state index is 14.1. The van der Waals surface area contributed by atoms with E-state index in [9.17, 15) is 23.5 Å². The number of aliphatic hydroxyl groups excluding tert-OH is 1. The van der Waals surface area contributed by atoms with E-state index in [2.05, 4.69) is 27.2 Å². The number of pyridine rings is 1. The predicted octanol–water partition coefficient (Wildman–Crippen LogP) is 5.91. The van der Waals surface area contributed by atoms with E-state index in [4.69, 9.17) is 10.5 Å². The summed E-state index contributed by atoms with van der Waals surface area (Å²) < 4.78 is 33.6. The third-order valence-corrected chi connectivity index (χ3v) is 7.02. The van der Waals surface area contributed by atoms with Gasteiger partial charge in [0.2, 0.25) is 5.91 Å². The molecule has 47 heavy (non-hydrogen) atoms. The highest BCUT2D eigenvalue weighted by Crippen LogP contribution is 2.25. The number of nitrogens with one attached hydrogen (secondary N) is 3. The Labute approximate surface area is 272 Å². The maximum Gasteiger partial charge on any atom is 0.407 e. The summed E-state index contributed by atoms with van der Waals surface area (Å²) in [5.41, 5.74) is 9.13. The summed E-state index contributed by atoms with van der Waals surface area (Å²) in [6.45, 7) is 9.22. The number of aliphatic hydroxyl groups is 1. The number of nitrogens with two attached hydrogens (primary N) is 1. The molecule has 2 aromatic carbocycles. The molecule has 6 N–H and O–H groups in total. The van der Waals surface area contributed by atoms with Gasteiger partial charge in [0.05, 0.1) is 18.2 Å². The molecule has 1 unspecified atom stereocenters. The molecule has 0 fully saturated rings. The smallest absolute Gasteiger partial charge is 0.407 e. The largest absolute Gasteiger partial charge is 0.444 e. The average Bonchev–Trinajstić information content (AvgIpc) is 3.38. The Morgan fingerprint density at radius 2 is 1.87 bits per heavy atom. The van der Waals surface area contributed by atoms with E-state index < -0.39 is 35.6 Å². The van der Waals surface area contributed by atoms with Crippen LogP contribution in [0.3, 0.4) is 0 Å². The summed E-state index contributed by atoms with van der Waals surface area (Å²) >= 11 is 0. The lowest BCUT2D eigenvalue weighted by Crippen LogP contribution is -2.32. The summed E-state index contributed by atoms with van der Waals surface area (Å²) in [6.07, 6.45) is 7.89. The summed E-state index contributed by atoms with van der Waals surface area (Å²) in [7, 11) is 0. The zero-order chi connectivity index (χ0) is 34.1. The second-order valence-corrected chi connectivity index (χ2v) is 12.0. The molecule has 0 saturated heterocycles. The van der Waals surface area contributed by atoms with Crippen LogP contribution >= 0.6 is 0 Å². The zero-order valence-corrected chi connectivity index (χ0v) is 26.5. The van der Waals surface area contributed by atoms with E-state index in [1.807, 2.05) is 18.2 Å². The number of alkyl carbamates (subject to hydrolysis) is 1. The van der Waals surface area contributed by atoms with E-state index in [0.29, 0.717) is 28.0 Å². The highest BCUT2D eigenvalue weighted by atomic mass is 19.1. The molecule has 246 valence electrons. The van der Waals surface area contributed by atoms with Crippen molar-refractivity contribution in [2.45, 2.75) is 58.0 Å². The average molecular weight is 644 g/mol. The number of H-pyrrole nitrogens is 1. The highest BCUT2D eigenvalue weighted by Gasteiger charge is 2.22. The van der Waals surface area contributed by atoms with Crippen molar-refractivity contribution >= 4 is 29.0 Å². The number of aromatic amines is 1.